The van der Waals surface area contributed by atoms with Gasteiger partial charge in [-0.05, 0) is 56.9 Å². The van der Waals surface area contributed by atoms with E-state index in [1.807, 2.05) is 47.7 Å². The third-order valence-corrected chi connectivity index (χ3v) is 5.66. The summed E-state index contributed by atoms with van der Waals surface area (Å²) in [6.45, 7) is 7.52. The van der Waals surface area contributed by atoms with Crippen LogP contribution in [-0.4, -0.2) is 39.7 Å². The second kappa shape index (κ2) is 9.09. The first-order valence-corrected chi connectivity index (χ1v) is 9.59. The molecule has 0 radical (unpaired) electrons. The molecule has 5 nitrogen and oxygen atoms in total. The van der Waals surface area contributed by atoms with Gasteiger partial charge in [-0.2, -0.15) is 5.10 Å². The molecule has 1 aliphatic rings. The lowest BCUT2D eigenvalue weighted by Crippen LogP contribution is -2.49. The fraction of sp³-hybridized carbons (Fsp3) is 0.500. The number of aromatic nitrogens is 2. The highest BCUT2D eigenvalue weighted by molar-refractivity contribution is 6.30. The van der Waals surface area contributed by atoms with Crippen molar-refractivity contribution in [3.63, 3.8) is 0 Å². The molecule has 2 aromatic rings. The maximum absolute atomic E-state index is 13.0. The Balaban J connectivity index is 0.00000261. The first kappa shape index (κ1) is 21.7. The summed E-state index contributed by atoms with van der Waals surface area (Å²) < 4.78 is 1.88. The van der Waals surface area contributed by atoms with Gasteiger partial charge in [0.05, 0.1) is 17.8 Å². The molecule has 1 aliphatic heterocycles. The molecule has 2 atom stereocenters. The maximum Gasteiger partial charge on any atom is 0.227 e. The number of hydrogen-bond acceptors (Lipinski definition) is 3. The highest BCUT2D eigenvalue weighted by Gasteiger charge is 2.29. The molecule has 2 unspecified atom stereocenters. The van der Waals surface area contributed by atoms with Crippen LogP contribution in [0, 0.1) is 19.8 Å². The molecule has 148 valence electrons. The molecule has 7 heteroatoms. The van der Waals surface area contributed by atoms with E-state index in [9.17, 15) is 4.79 Å². The number of halogens is 2. The zero-order chi connectivity index (χ0) is 18.8. The Hall–Kier alpha value is -1.56. The van der Waals surface area contributed by atoms with Gasteiger partial charge in [0.15, 0.2) is 0 Å². The van der Waals surface area contributed by atoms with Crippen LogP contribution in [0.5, 0.6) is 0 Å². The smallest absolute Gasteiger partial charge is 0.227 e. The predicted octanol–water partition coefficient (Wildman–Crippen LogP) is 3.69. The predicted molar refractivity (Wildman–Crippen MR) is 112 cm³/mol. The van der Waals surface area contributed by atoms with Gasteiger partial charge in [-0.3, -0.25) is 4.79 Å². The van der Waals surface area contributed by atoms with Crippen molar-refractivity contribution >= 4 is 29.9 Å². The van der Waals surface area contributed by atoms with Gasteiger partial charge in [0.2, 0.25) is 5.91 Å². The number of carbonyl (C=O) groups excluding carboxylic acids is 1. The van der Waals surface area contributed by atoms with Crippen LogP contribution in [0.2, 0.25) is 5.02 Å². The molecule has 2 N–H and O–H groups in total. The van der Waals surface area contributed by atoms with Gasteiger partial charge in [0.1, 0.15) is 0 Å². The maximum atomic E-state index is 13.0. The second-order valence-electron chi connectivity index (χ2n) is 7.32. The van der Waals surface area contributed by atoms with Crippen LogP contribution >= 0.6 is 24.0 Å². The first-order chi connectivity index (χ1) is 12.4. The molecule has 0 saturated carbocycles. The monoisotopic (exact) mass is 410 g/mol. The number of piperidine rings is 1. The molecule has 1 saturated heterocycles. The second-order valence-corrected chi connectivity index (χ2v) is 7.76. The molecule has 0 spiro atoms. The minimum Gasteiger partial charge on any atom is -0.338 e. The van der Waals surface area contributed by atoms with Crippen molar-refractivity contribution in [1.82, 2.24) is 14.7 Å². The van der Waals surface area contributed by atoms with Gasteiger partial charge in [-0.15, -0.1) is 12.4 Å². The van der Waals surface area contributed by atoms with E-state index in [2.05, 4.69) is 12.0 Å². The van der Waals surface area contributed by atoms with Crippen molar-refractivity contribution in [2.24, 2.45) is 11.7 Å². The van der Waals surface area contributed by atoms with Gasteiger partial charge in [-0.1, -0.05) is 18.5 Å². The van der Waals surface area contributed by atoms with E-state index < -0.39 is 0 Å². The summed E-state index contributed by atoms with van der Waals surface area (Å²) in [5, 5.41) is 5.33. The van der Waals surface area contributed by atoms with E-state index in [-0.39, 0.29) is 24.4 Å². The zero-order valence-corrected chi connectivity index (χ0v) is 17.7. The number of nitrogens with two attached hydrogens (primary N) is 1. The van der Waals surface area contributed by atoms with Crippen molar-refractivity contribution in [3.8, 4) is 5.69 Å². The van der Waals surface area contributed by atoms with Crippen LogP contribution in [0.15, 0.2) is 24.3 Å². The summed E-state index contributed by atoms with van der Waals surface area (Å²) in [6, 6.07) is 7.71. The molecule has 0 bridgehead atoms. The summed E-state index contributed by atoms with van der Waals surface area (Å²) in [5.41, 5.74) is 9.74. The highest BCUT2D eigenvalue weighted by atomic mass is 35.5. The average molecular weight is 411 g/mol. The van der Waals surface area contributed by atoms with E-state index in [0.29, 0.717) is 23.9 Å². The van der Waals surface area contributed by atoms with Crippen LogP contribution < -0.4 is 5.73 Å². The lowest BCUT2D eigenvalue weighted by atomic mass is 9.92. The van der Waals surface area contributed by atoms with Crippen molar-refractivity contribution in [2.45, 2.75) is 46.1 Å². The normalized spacial score (nSPS) is 19.7. The molecule has 27 heavy (non-hydrogen) atoms. The summed E-state index contributed by atoms with van der Waals surface area (Å²) in [6.07, 6.45) is 2.41. The number of amides is 1. The van der Waals surface area contributed by atoms with Gasteiger partial charge in [0.25, 0.3) is 0 Å². The van der Waals surface area contributed by atoms with Gasteiger partial charge in [-0.25, -0.2) is 4.68 Å². The Kier molecular flexibility index (Phi) is 7.32. The fourth-order valence-electron chi connectivity index (χ4n) is 3.82. The first-order valence-electron chi connectivity index (χ1n) is 9.21. The average Bonchev–Trinajstić information content (AvgIpc) is 2.90. The number of benzene rings is 1. The minimum absolute atomic E-state index is 0. The summed E-state index contributed by atoms with van der Waals surface area (Å²) in [4.78, 5) is 14.9. The van der Waals surface area contributed by atoms with E-state index >= 15 is 0 Å². The Labute approximate surface area is 172 Å². The number of rotatable bonds is 4. The standard InChI is InChI=1S/C20H27ClN4O.ClH/c1-13-8-9-24(18(10-13)12-22)20(26)11-19-14(2)23-25(15(19)3)17-6-4-16(21)5-7-17;/h4-7,13,18H,8-12,22H2,1-3H3;1H. The van der Waals surface area contributed by atoms with E-state index in [1.54, 1.807) is 0 Å². The quantitative estimate of drug-likeness (QED) is 0.835. The van der Waals surface area contributed by atoms with Crippen molar-refractivity contribution in [1.29, 1.82) is 0 Å². The molecule has 3 rings (SSSR count). The number of likely N-dealkylation sites (tertiary alicyclic amines) is 1. The topological polar surface area (TPSA) is 64.2 Å². The molecule has 1 aromatic carbocycles. The molecular formula is C20H28Cl2N4O. The Morgan fingerprint density at radius 2 is 1.96 bits per heavy atom. The summed E-state index contributed by atoms with van der Waals surface area (Å²) in [7, 11) is 0. The molecule has 1 aromatic heterocycles. The van der Waals surface area contributed by atoms with Gasteiger partial charge in [0, 0.05) is 35.4 Å². The van der Waals surface area contributed by atoms with E-state index in [4.69, 9.17) is 17.3 Å². The number of nitrogens with zero attached hydrogens (tertiary/aromatic N) is 3. The minimum atomic E-state index is 0. The largest absolute Gasteiger partial charge is 0.338 e. The SMILES string of the molecule is Cc1nn(-c2ccc(Cl)cc2)c(C)c1CC(=O)N1CCC(C)CC1CN.Cl. The van der Waals surface area contributed by atoms with Gasteiger partial charge < -0.3 is 10.6 Å². The third kappa shape index (κ3) is 4.65. The third-order valence-electron chi connectivity index (χ3n) is 5.41. The van der Waals surface area contributed by atoms with Crippen molar-refractivity contribution in [2.75, 3.05) is 13.1 Å². The molecular weight excluding hydrogens is 383 g/mol. The Morgan fingerprint density at radius 1 is 1.30 bits per heavy atom. The summed E-state index contributed by atoms with van der Waals surface area (Å²) >= 11 is 5.98. The van der Waals surface area contributed by atoms with Gasteiger partial charge >= 0.3 is 0 Å². The van der Waals surface area contributed by atoms with Crippen LogP contribution in [0.1, 0.15) is 36.7 Å². The number of aryl methyl sites for hydroxylation is 1. The molecule has 1 amide bonds. The zero-order valence-electron chi connectivity index (χ0n) is 16.1. The lowest BCUT2D eigenvalue weighted by molar-refractivity contribution is -0.134. The van der Waals surface area contributed by atoms with E-state index in [0.717, 1.165) is 42.0 Å². The molecule has 0 aliphatic carbocycles. The lowest BCUT2D eigenvalue weighted by Gasteiger charge is -2.38. The van der Waals surface area contributed by atoms with Crippen molar-refractivity contribution < 1.29 is 4.79 Å². The van der Waals surface area contributed by atoms with Crippen LogP contribution in [0.25, 0.3) is 5.69 Å². The van der Waals surface area contributed by atoms with Crippen LogP contribution in [0.4, 0.5) is 0 Å². The Morgan fingerprint density at radius 3 is 2.59 bits per heavy atom. The fourth-order valence-corrected chi connectivity index (χ4v) is 3.95. The highest BCUT2D eigenvalue weighted by Crippen LogP contribution is 2.25. The Bertz CT molecular complexity index is 788. The number of hydrogen-bond donors (Lipinski definition) is 1. The van der Waals surface area contributed by atoms with Crippen molar-refractivity contribution in [3.05, 3.63) is 46.2 Å². The molecule has 1 fully saturated rings. The molecule has 2 heterocycles. The van der Waals surface area contributed by atoms with E-state index in [1.165, 1.54) is 0 Å². The van der Waals surface area contributed by atoms with Crippen LogP contribution in [-0.2, 0) is 11.2 Å². The number of carbonyl (C=O) groups is 1. The summed E-state index contributed by atoms with van der Waals surface area (Å²) in [5.74, 6) is 0.776. The van der Waals surface area contributed by atoms with Crippen LogP contribution in [0.3, 0.4) is 0 Å².